The summed E-state index contributed by atoms with van der Waals surface area (Å²) in [6, 6.07) is 9.58. The average molecular weight is 286 g/mol. The Balaban J connectivity index is 1.95. The van der Waals surface area contributed by atoms with Crippen LogP contribution in [0.2, 0.25) is 0 Å². The highest BCUT2D eigenvalue weighted by Crippen LogP contribution is 2.38. The second-order valence-electron chi connectivity index (χ2n) is 8.11. The van der Waals surface area contributed by atoms with E-state index in [-0.39, 0.29) is 5.41 Å². The summed E-state index contributed by atoms with van der Waals surface area (Å²) in [5, 5.41) is 3.86. The van der Waals surface area contributed by atoms with Crippen molar-refractivity contribution in [2.45, 2.75) is 70.4 Å². The van der Waals surface area contributed by atoms with Gasteiger partial charge in [0.1, 0.15) is 0 Å². The number of piperazine rings is 1. The van der Waals surface area contributed by atoms with Gasteiger partial charge in [-0.15, -0.1) is 0 Å². The molecule has 1 aliphatic heterocycles. The van der Waals surface area contributed by atoms with Crippen molar-refractivity contribution < 1.29 is 0 Å². The quantitative estimate of drug-likeness (QED) is 0.836. The van der Waals surface area contributed by atoms with E-state index in [4.69, 9.17) is 0 Å². The predicted octanol–water partition coefficient (Wildman–Crippen LogP) is 4.10. The largest absolute Gasteiger partial charge is 0.365 e. The fraction of sp³-hybridized carbons (Fsp3) is 0.684. The Morgan fingerprint density at radius 2 is 1.81 bits per heavy atom. The van der Waals surface area contributed by atoms with Gasteiger partial charge in [-0.05, 0) is 36.8 Å². The lowest BCUT2D eigenvalue weighted by Crippen LogP contribution is -2.62. The smallest absolute Gasteiger partial charge is 0.0407 e. The number of hydrogen-bond acceptors (Lipinski definition) is 2. The van der Waals surface area contributed by atoms with Crippen molar-refractivity contribution in [2.75, 3.05) is 18.0 Å². The SMILES string of the molecule is CC1CNC2(CCCC2)CN1c1ccccc1C(C)(C)C. The molecule has 1 N–H and O–H groups in total. The van der Waals surface area contributed by atoms with Crippen LogP contribution in [0.1, 0.15) is 58.9 Å². The van der Waals surface area contributed by atoms with Crippen LogP contribution in [0.15, 0.2) is 24.3 Å². The van der Waals surface area contributed by atoms with Gasteiger partial charge in [0.15, 0.2) is 0 Å². The van der Waals surface area contributed by atoms with Crippen LogP contribution in [-0.4, -0.2) is 24.7 Å². The van der Waals surface area contributed by atoms with Gasteiger partial charge in [-0.3, -0.25) is 0 Å². The number of anilines is 1. The molecule has 0 amide bonds. The molecule has 1 saturated heterocycles. The molecule has 2 aliphatic rings. The molecule has 2 heteroatoms. The van der Waals surface area contributed by atoms with E-state index in [1.807, 2.05) is 0 Å². The topological polar surface area (TPSA) is 15.3 Å². The van der Waals surface area contributed by atoms with E-state index in [1.54, 1.807) is 0 Å². The zero-order chi connectivity index (χ0) is 15.1. The van der Waals surface area contributed by atoms with Gasteiger partial charge >= 0.3 is 0 Å². The summed E-state index contributed by atoms with van der Waals surface area (Å²) in [5.74, 6) is 0. The van der Waals surface area contributed by atoms with Crippen molar-refractivity contribution in [3.8, 4) is 0 Å². The number of nitrogens with one attached hydrogen (secondary N) is 1. The van der Waals surface area contributed by atoms with Gasteiger partial charge in [0, 0.05) is 30.4 Å². The van der Waals surface area contributed by atoms with Crippen LogP contribution in [0.25, 0.3) is 0 Å². The van der Waals surface area contributed by atoms with Crippen molar-refractivity contribution in [1.29, 1.82) is 0 Å². The maximum Gasteiger partial charge on any atom is 0.0407 e. The molecule has 116 valence electrons. The molecular weight excluding hydrogens is 256 g/mol. The molecule has 1 aromatic carbocycles. The third kappa shape index (κ3) is 2.83. The van der Waals surface area contributed by atoms with Crippen LogP contribution >= 0.6 is 0 Å². The van der Waals surface area contributed by atoms with Crippen molar-refractivity contribution in [2.24, 2.45) is 0 Å². The zero-order valence-corrected chi connectivity index (χ0v) is 14.1. The van der Waals surface area contributed by atoms with Gasteiger partial charge in [0.2, 0.25) is 0 Å². The Labute approximate surface area is 129 Å². The van der Waals surface area contributed by atoms with E-state index < -0.39 is 0 Å². The van der Waals surface area contributed by atoms with E-state index in [9.17, 15) is 0 Å². The van der Waals surface area contributed by atoms with Crippen LogP contribution in [0, 0.1) is 0 Å². The first-order valence-electron chi connectivity index (χ1n) is 8.53. The molecule has 0 aromatic heterocycles. The second kappa shape index (κ2) is 5.31. The Kier molecular flexibility index (Phi) is 3.77. The summed E-state index contributed by atoms with van der Waals surface area (Å²) >= 11 is 0. The first kappa shape index (κ1) is 14.9. The van der Waals surface area contributed by atoms with E-state index >= 15 is 0 Å². The lowest BCUT2D eigenvalue weighted by atomic mass is 9.84. The molecule has 21 heavy (non-hydrogen) atoms. The van der Waals surface area contributed by atoms with Crippen LogP contribution < -0.4 is 10.2 Å². The summed E-state index contributed by atoms with van der Waals surface area (Å²) in [6.45, 7) is 11.6. The Bertz CT molecular complexity index is 495. The lowest BCUT2D eigenvalue weighted by Gasteiger charge is -2.47. The van der Waals surface area contributed by atoms with Crippen LogP contribution in [0.5, 0.6) is 0 Å². The van der Waals surface area contributed by atoms with Gasteiger partial charge in [-0.25, -0.2) is 0 Å². The highest BCUT2D eigenvalue weighted by atomic mass is 15.3. The Morgan fingerprint density at radius 3 is 2.48 bits per heavy atom. The summed E-state index contributed by atoms with van der Waals surface area (Å²) in [7, 11) is 0. The van der Waals surface area contributed by atoms with Crippen LogP contribution in [0.4, 0.5) is 5.69 Å². The minimum absolute atomic E-state index is 0.198. The van der Waals surface area contributed by atoms with Crippen molar-refractivity contribution >= 4 is 5.69 Å². The molecule has 1 spiro atoms. The van der Waals surface area contributed by atoms with Crippen molar-refractivity contribution in [1.82, 2.24) is 5.32 Å². The Morgan fingerprint density at radius 1 is 1.14 bits per heavy atom. The predicted molar refractivity (Wildman–Crippen MR) is 91.2 cm³/mol. The van der Waals surface area contributed by atoms with Gasteiger partial charge in [0.05, 0.1) is 0 Å². The van der Waals surface area contributed by atoms with Crippen molar-refractivity contribution in [3.63, 3.8) is 0 Å². The maximum atomic E-state index is 3.86. The minimum Gasteiger partial charge on any atom is -0.365 e. The summed E-state index contributed by atoms with van der Waals surface area (Å²) < 4.78 is 0. The Hall–Kier alpha value is -1.02. The van der Waals surface area contributed by atoms with Crippen LogP contribution in [-0.2, 0) is 5.41 Å². The zero-order valence-electron chi connectivity index (χ0n) is 14.1. The van der Waals surface area contributed by atoms with E-state index in [0.717, 1.165) is 6.54 Å². The molecule has 0 radical (unpaired) electrons. The van der Waals surface area contributed by atoms with Gasteiger partial charge in [-0.1, -0.05) is 51.8 Å². The molecule has 1 heterocycles. The minimum atomic E-state index is 0.198. The molecule has 2 fully saturated rings. The molecule has 0 bridgehead atoms. The molecule has 3 rings (SSSR count). The maximum absolute atomic E-state index is 3.86. The number of rotatable bonds is 1. The van der Waals surface area contributed by atoms with E-state index in [2.05, 4.69) is 62.2 Å². The number of hydrogen-bond donors (Lipinski definition) is 1. The van der Waals surface area contributed by atoms with Gasteiger partial charge in [0.25, 0.3) is 0 Å². The van der Waals surface area contributed by atoms with Gasteiger partial charge in [-0.2, -0.15) is 0 Å². The van der Waals surface area contributed by atoms with Gasteiger partial charge < -0.3 is 10.2 Å². The fourth-order valence-corrected chi connectivity index (χ4v) is 4.08. The number of nitrogens with zero attached hydrogens (tertiary/aromatic N) is 1. The number of benzene rings is 1. The summed E-state index contributed by atoms with van der Waals surface area (Å²) in [5.41, 5.74) is 3.50. The summed E-state index contributed by atoms with van der Waals surface area (Å²) in [6.07, 6.45) is 5.45. The van der Waals surface area contributed by atoms with Crippen LogP contribution in [0.3, 0.4) is 0 Å². The lowest BCUT2D eigenvalue weighted by molar-refractivity contribution is 0.276. The molecule has 1 atom stereocenters. The van der Waals surface area contributed by atoms with E-state index in [1.165, 1.54) is 43.5 Å². The second-order valence-corrected chi connectivity index (χ2v) is 8.11. The highest BCUT2D eigenvalue weighted by molar-refractivity contribution is 5.58. The summed E-state index contributed by atoms with van der Waals surface area (Å²) in [4.78, 5) is 2.67. The first-order chi connectivity index (χ1) is 9.91. The average Bonchev–Trinajstić information content (AvgIpc) is 2.89. The van der Waals surface area contributed by atoms with Crippen molar-refractivity contribution in [3.05, 3.63) is 29.8 Å². The van der Waals surface area contributed by atoms with E-state index in [0.29, 0.717) is 11.6 Å². The highest BCUT2D eigenvalue weighted by Gasteiger charge is 2.40. The molecular formula is C19H30N2. The molecule has 1 saturated carbocycles. The monoisotopic (exact) mass is 286 g/mol. The molecule has 1 aromatic rings. The molecule has 1 aliphatic carbocycles. The standard InChI is InChI=1S/C19H30N2/c1-15-13-20-19(11-7-8-12-19)14-21(15)17-10-6-5-9-16(17)18(2,3)4/h5-6,9-10,15,20H,7-8,11-14H2,1-4H3. The third-order valence-corrected chi connectivity index (χ3v) is 5.36. The third-order valence-electron chi connectivity index (χ3n) is 5.36. The molecule has 1 unspecified atom stereocenters. The fourth-order valence-electron chi connectivity index (χ4n) is 4.08. The first-order valence-corrected chi connectivity index (χ1v) is 8.53. The number of para-hydroxylation sites is 1. The normalized spacial score (nSPS) is 25.5. The molecule has 2 nitrogen and oxygen atoms in total.